The van der Waals surface area contributed by atoms with Crippen LogP contribution in [0.5, 0.6) is 0 Å². The third kappa shape index (κ3) is 11.0. The van der Waals surface area contributed by atoms with Crippen molar-refractivity contribution in [2.24, 2.45) is 0 Å². The molecule has 0 aromatic heterocycles. The highest BCUT2D eigenvalue weighted by Crippen LogP contribution is 2.04. The van der Waals surface area contributed by atoms with Gasteiger partial charge in [0.1, 0.15) is 0 Å². The monoisotopic (exact) mass is 262 g/mol. The molecular weight excluding hydrogens is 232 g/mol. The third-order valence-corrected chi connectivity index (χ3v) is 2.55. The Labute approximate surface area is 112 Å². The Morgan fingerprint density at radius 2 is 1.22 bits per heavy atom. The molecule has 0 aromatic carbocycles. The quantitative estimate of drug-likeness (QED) is 0.621. The van der Waals surface area contributed by atoms with Crippen molar-refractivity contribution in [2.45, 2.75) is 71.9 Å². The lowest BCUT2D eigenvalue weighted by Gasteiger charge is -2.20. The predicted molar refractivity (Wildman–Crippen MR) is 72.8 cm³/mol. The molecule has 0 saturated carbocycles. The summed E-state index contributed by atoms with van der Waals surface area (Å²) in [4.78, 5) is 0. The Morgan fingerprint density at radius 1 is 0.778 bits per heavy atom. The summed E-state index contributed by atoms with van der Waals surface area (Å²) >= 11 is 0. The van der Waals surface area contributed by atoms with Crippen LogP contribution in [0.2, 0.25) is 0 Å². The normalized spacial score (nSPS) is 18.3. The highest BCUT2D eigenvalue weighted by Gasteiger charge is 2.10. The predicted octanol–water partition coefficient (Wildman–Crippen LogP) is 2.38. The fraction of sp³-hybridized carbons (Fsp3) is 1.00. The minimum atomic E-state index is -0.428. The van der Waals surface area contributed by atoms with Crippen molar-refractivity contribution in [3.8, 4) is 0 Å². The second-order valence-electron chi connectivity index (χ2n) is 5.07. The number of aliphatic hydroxyl groups excluding tert-OH is 1. The molecule has 0 amide bonds. The maximum Gasteiger partial charge on any atom is 0.0781 e. The molecule has 0 aromatic rings. The van der Waals surface area contributed by atoms with Crippen molar-refractivity contribution in [1.82, 2.24) is 0 Å². The van der Waals surface area contributed by atoms with Gasteiger partial charge in [0.15, 0.2) is 0 Å². The van der Waals surface area contributed by atoms with E-state index in [1.165, 1.54) is 0 Å². The Hall–Kier alpha value is -0.160. The number of rotatable bonds is 11. The first-order valence-electron chi connectivity index (χ1n) is 6.98. The van der Waals surface area contributed by atoms with Crippen LogP contribution in [-0.2, 0) is 14.2 Å². The summed E-state index contributed by atoms with van der Waals surface area (Å²) < 4.78 is 16.7. The van der Waals surface area contributed by atoms with Gasteiger partial charge in [0.2, 0.25) is 0 Å². The fourth-order valence-corrected chi connectivity index (χ4v) is 1.49. The van der Waals surface area contributed by atoms with Gasteiger partial charge in [0.05, 0.1) is 44.2 Å². The molecule has 0 spiro atoms. The van der Waals surface area contributed by atoms with Gasteiger partial charge in [-0.3, -0.25) is 0 Å². The fourth-order valence-electron chi connectivity index (χ4n) is 1.49. The molecule has 0 heterocycles. The van der Waals surface area contributed by atoms with Crippen LogP contribution in [-0.4, -0.2) is 49.3 Å². The largest absolute Gasteiger partial charge is 0.391 e. The van der Waals surface area contributed by atoms with Crippen molar-refractivity contribution in [1.29, 1.82) is 0 Å². The van der Waals surface area contributed by atoms with Crippen LogP contribution in [0.15, 0.2) is 0 Å². The van der Waals surface area contributed by atoms with E-state index >= 15 is 0 Å². The molecule has 0 bridgehead atoms. The van der Waals surface area contributed by atoms with Crippen molar-refractivity contribution >= 4 is 0 Å². The first kappa shape index (κ1) is 17.8. The first-order valence-corrected chi connectivity index (χ1v) is 6.98. The molecule has 1 N–H and O–H groups in total. The van der Waals surface area contributed by atoms with Gasteiger partial charge in [-0.25, -0.2) is 0 Å². The van der Waals surface area contributed by atoms with E-state index in [2.05, 4.69) is 13.8 Å². The van der Waals surface area contributed by atoms with Crippen LogP contribution in [0, 0.1) is 0 Å². The SMILES string of the molecule is CCCC(C)OCC(C)OCC(C)OCC(C)O. The Balaban J connectivity index is 3.54. The third-order valence-electron chi connectivity index (χ3n) is 2.55. The standard InChI is InChI=1S/C14H30O4/c1-6-7-12(3)17-9-14(5)18-10-13(4)16-8-11(2)15/h11-15H,6-10H2,1-5H3. The highest BCUT2D eigenvalue weighted by atomic mass is 16.6. The van der Waals surface area contributed by atoms with Gasteiger partial charge >= 0.3 is 0 Å². The molecular formula is C14H30O4. The highest BCUT2D eigenvalue weighted by molar-refractivity contribution is 4.56. The molecule has 110 valence electrons. The lowest BCUT2D eigenvalue weighted by molar-refractivity contribution is -0.0785. The summed E-state index contributed by atoms with van der Waals surface area (Å²) in [5, 5.41) is 9.09. The summed E-state index contributed by atoms with van der Waals surface area (Å²) in [6.45, 7) is 11.4. The Morgan fingerprint density at radius 3 is 1.67 bits per heavy atom. The Bertz CT molecular complexity index is 185. The van der Waals surface area contributed by atoms with Gasteiger partial charge in [-0.1, -0.05) is 13.3 Å². The number of hydrogen-bond acceptors (Lipinski definition) is 4. The first-order chi connectivity index (χ1) is 8.45. The number of ether oxygens (including phenoxy) is 3. The molecule has 0 aliphatic rings. The zero-order chi connectivity index (χ0) is 14.0. The van der Waals surface area contributed by atoms with Crippen LogP contribution < -0.4 is 0 Å². The lowest BCUT2D eigenvalue weighted by atomic mass is 10.2. The summed E-state index contributed by atoms with van der Waals surface area (Å²) in [5.41, 5.74) is 0. The van der Waals surface area contributed by atoms with E-state index in [1.807, 2.05) is 13.8 Å². The van der Waals surface area contributed by atoms with E-state index in [4.69, 9.17) is 19.3 Å². The molecule has 4 nitrogen and oxygen atoms in total. The topological polar surface area (TPSA) is 47.9 Å². The van der Waals surface area contributed by atoms with E-state index < -0.39 is 6.10 Å². The Kier molecular flexibility index (Phi) is 10.6. The lowest BCUT2D eigenvalue weighted by Crippen LogP contribution is -2.26. The zero-order valence-electron chi connectivity index (χ0n) is 12.5. The maximum atomic E-state index is 9.09. The van der Waals surface area contributed by atoms with E-state index in [1.54, 1.807) is 6.92 Å². The molecule has 0 aliphatic heterocycles. The van der Waals surface area contributed by atoms with Gasteiger partial charge in [-0.2, -0.15) is 0 Å². The average molecular weight is 262 g/mol. The van der Waals surface area contributed by atoms with Gasteiger partial charge in [-0.15, -0.1) is 0 Å². The van der Waals surface area contributed by atoms with Crippen molar-refractivity contribution in [2.75, 3.05) is 19.8 Å². The molecule has 4 unspecified atom stereocenters. The van der Waals surface area contributed by atoms with Crippen LogP contribution in [0.4, 0.5) is 0 Å². The number of hydrogen-bond donors (Lipinski definition) is 1. The molecule has 4 heteroatoms. The minimum absolute atomic E-state index is 0.00452. The molecule has 4 atom stereocenters. The summed E-state index contributed by atoms with van der Waals surface area (Å²) in [5.74, 6) is 0. The van der Waals surface area contributed by atoms with Crippen molar-refractivity contribution in [3.63, 3.8) is 0 Å². The van der Waals surface area contributed by atoms with Crippen LogP contribution in [0.1, 0.15) is 47.5 Å². The van der Waals surface area contributed by atoms with E-state index in [0.717, 1.165) is 12.8 Å². The van der Waals surface area contributed by atoms with Gasteiger partial charge < -0.3 is 19.3 Å². The van der Waals surface area contributed by atoms with Crippen LogP contribution in [0.25, 0.3) is 0 Å². The molecule has 0 radical (unpaired) electrons. The van der Waals surface area contributed by atoms with Gasteiger partial charge in [-0.05, 0) is 34.1 Å². The second-order valence-corrected chi connectivity index (χ2v) is 5.07. The zero-order valence-corrected chi connectivity index (χ0v) is 12.5. The maximum absolute atomic E-state index is 9.09. The van der Waals surface area contributed by atoms with E-state index in [9.17, 15) is 0 Å². The van der Waals surface area contributed by atoms with E-state index in [0.29, 0.717) is 25.9 Å². The van der Waals surface area contributed by atoms with Crippen molar-refractivity contribution < 1.29 is 19.3 Å². The molecule has 0 rings (SSSR count). The summed E-state index contributed by atoms with van der Waals surface area (Å²) in [6, 6.07) is 0. The summed E-state index contributed by atoms with van der Waals surface area (Å²) in [7, 11) is 0. The smallest absolute Gasteiger partial charge is 0.0781 e. The number of aliphatic hydroxyl groups is 1. The molecule has 0 aliphatic carbocycles. The van der Waals surface area contributed by atoms with Gasteiger partial charge in [0.25, 0.3) is 0 Å². The minimum Gasteiger partial charge on any atom is -0.391 e. The second kappa shape index (κ2) is 10.7. The van der Waals surface area contributed by atoms with Crippen LogP contribution in [0.3, 0.4) is 0 Å². The average Bonchev–Trinajstić information content (AvgIpc) is 2.31. The summed E-state index contributed by atoms with van der Waals surface area (Å²) in [6.07, 6.45) is 2.16. The molecule has 0 saturated heterocycles. The van der Waals surface area contributed by atoms with Crippen molar-refractivity contribution in [3.05, 3.63) is 0 Å². The van der Waals surface area contributed by atoms with Crippen LogP contribution >= 0.6 is 0 Å². The van der Waals surface area contributed by atoms with Gasteiger partial charge in [0, 0.05) is 0 Å². The molecule has 0 fully saturated rings. The van der Waals surface area contributed by atoms with E-state index in [-0.39, 0.29) is 12.2 Å². The molecule has 18 heavy (non-hydrogen) atoms.